The Bertz CT molecular complexity index is 296. The molecule has 0 aliphatic carbocycles. The molecule has 1 amide bonds. The van der Waals surface area contributed by atoms with E-state index in [1.807, 2.05) is 0 Å². The van der Waals surface area contributed by atoms with Crippen LogP contribution in [0.1, 0.15) is 10.5 Å². The van der Waals surface area contributed by atoms with Gasteiger partial charge in [0.25, 0.3) is 5.91 Å². The zero-order chi connectivity index (χ0) is 9.10. The van der Waals surface area contributed by atoms with Gasteiger partial charge in [-0.1, -0.05) is 0 Å². The van der Waals surface area contributed by atoms with Crippen molar-refractivity contribution >= 4 is 5.91 Å². The maximum Gasteiger partial charge on any atom is 0.271 e. The van der Waals surface area contributed by atoms with Crippen molar-refractivity contribution in [1.82, 2.24) is 20.6 Å². The second-order valence-corrected chi connectivity index (χ2v) is 2.92. The third-order valence-electron chi connectivity index (χ3n) is 1.91. The smallest absolute Gasteiger partial charge is 0.271 e. The van der Waals surface area contributed by atoms with Gasteiger partial charge >= 0.3 is 0 Å². The largest absolute Gasteiger partial charge is 0.345 e. The van der Waals surface area contributed by atoms with Crippen LogP contribution >= 0.6 is 0 Å². The highest BCUT2D eigenvalue weighted by Gasteiger charge is 2.19. The van der Waals surface area contributed by atoms with E-state index in [1.165, 1.54) is 12.4 Å². The van der Waals surface area contributed by atoms with E-state index in [-0.39, 0.29) is 11.9 Å². The van der Waals surface area contributed by atoms with Gasteiger partial charge in [-0.15, -0.1) is 0 Å². The zero-order valence-corrected chi connectivity index (χ0v) is 7.03. The zero-order valence-electron chi connectivity index (χ0n) is 7.03. The van der Waals surface area contributed by atoms with Crippen molar-refractivity contribution < 1.29 is 4.79 Å². The van der Waals surface area contributed by atoms with Crippen LogP contribution in [-0.4, -0.2) is 35.0 Å². The number of amides is 1. The van der Waals surface area contributed by atoms with E-state index < -0.39 is 0 Å². The maximum absolute atomic E-state index is 11.4. The second kappa shape index (κ2) is 3.49. The summed E-state index contributed by atoms with van der Waals surface area (Å²) in [7, 11) is 0. The quantitative estimate of drug-likeness (QED) is 0.621. The van der Waals surface area contributed by atoms with E-state index in [2.05, 4.69) is 20.6 Å². The molecule has 1 aromatic rings. The van der Waals surface area contributed by atoms with Gasteiger partial charge in [0.15, 0.2) is 0 Å². The lowest BCUT2D eigenvalue weighted by molar-refractivity contribution is 0.0918. The fourth-order valence-electron chi connectivity index (χ4n) is 1.07. The van der Waals surface area contributed by atoms with E-state index in [4.69, 9.17) is 0 Å². The molecule has 0 unspecified atom stereocenters. The molecule has 0 bridgehead atoms. The number of nitrogens with one attached hydrogen (secondary N) is 2. The molecule has 0 aromatic carbocycles. The summed E-state index contributed by atoms with van der Waals surface area (Å²) in [5.74, 6) is -0.153. The third kappa shape index (κ3) is 1.81. The first-order valence-corrected chi connectivity index (χ1v) is 4.14. The molecular weight excluding hydrogens is 168 g/mol. The molecule has 0 spiro atoms. The van der Waals surface area contributed by atoms with Crippen LogP contribution in [0, 0.1) is 0 Å². The number of carbonyl (C=O) groups excluding carboxylic acids is 1. The normalized spacial score (nSPS) is 16.3. The number of hydrogen-bond acceptors (Lipinski definition) is 4. The molecule has 5 nitrogen and oxygen atoms in total. The number of rotatable bonds is 2. The van der Waals surface area contributed by atoms with E-state index in [0.717, 1.165) is 13.1 Å². The van der Waals surface area contributed by atoms with Gasteiger partial charge in [-0.25, -0.2) is 4.98 Å². The average molecular weight is 178 g/mol. The lowest BCUT2D eigenvalue weighted by Gasteiger charge is -2.27. The lowest BCUT2D eigenvalue weighted by Crippen LogP contribution is -2.57. The van der Waals surface area contributed by atoms with Crippen LogP contribution in [0.2, 0.25) is 0 Å². The molecule has 13 heavy (non-hydrogen) atoms. The van der Waals surface area contributed by atoms with Crippen LogP contribution < -0.4 is 10.6 Å². The Balaban J connectivity index is 1.97. The monoisotopic (exact) mass is 178 g/mol. The number of hydrogen-bond donors (Lipinski definition) is 2. The molecule has 1 saturated heterocycles. The predicted molar refractivity (Wildman–Crippen MR) is 46.2 cm³/mol. The molecule has 1 aliphatic rings. The van der Waals surface area contributed by atoms with Crippen molar-refractivity contribution in [3.63, 3.8) is 0 Å². The number of nitrogens with zero attached hydrogens (tertiary/aromatic N) is 2. The highest BCUT2D eigenvalue weighted by Crippen LogP contribution is 1.95. The summed E-state index contributed by atoms with van der Waals surface area (Å²) < 4.78 is 0. The molecular formula is C8H10N4O. The summed E-state index contributed by atoms with van der Waals surface area (Å²) in [5.41, 5.74) is 0.370. The van der Waals surface area contributed by atoms with E-state index in [1.54, 1.807) is 6.20 Å². The molecule has 0 saturated carbocycles. The first kappa shape index (κ1) is 8.12. The number of aromatic nitrogens is 2. The summed E-state index contributed by atoms with van der Waals surface area (Å²) in [6.07, 6.45) is 4.51. The van der Waals surface area contributed by atoms with Gasteiger partial charge in [-0.05, 0) is 0 Å². The molecule has 1 fully saturated rings. The van der Waals surface area contributed by atoms with Crippen LogP contribution in [0.3, 0.4) is 0 Å². The SMILES string of the molecule is O=C(NC1CNC1)c1cnccn1. The standard InChI is InChI=1S/C8H10N4O/c13-8(12-6-3-10-4-6)7-5-9-1-2-11-7/h1-2,5-6,10H,3-4H2,(H,12,13). The van der Waals surface area contributed by atoms with Crippen molar-refractivity contribution in [2.45, 2.75) is 6.04 Å². The van der Waals surface area contributed by atoms with E-state index >= 15 is 0 Å². The topological polar surface area (TPSA) is 66.9 Å². The van der Waals surface area contributed by atoms with Crippen molar-refractivity contribution in [3.8, 4) is 0 Å². The Morgan fingerprint density at radius 2 is 2.38 bits per heavy atom. The van der Waals surface area contributed by atoms with Crippen LogP contribution in [0.5, 0.6) is 0 Å². The van der Waals surface area contributed by atoms with Gasteiger partial charge in [0, 0.05) is 25.5 Å². The first-order chi connectivity index (χ1) is 6.36. The lowest BCUT2D eigenvalue weighted by atomic mass is 10.2. The minimum absolute atomic E-state index is 0.153. The van der Waals surface area contributed by atoms with Gasteiger partial charge in [-0.2, -0.15) is 0 Å². The Morgan fingerprint density at radius 3 is 2.92 bits per heavy atom. The molecule has 0 atom stereocenters. The van der Waals surface area contributed by atoms with E-state index in [0.29, 0.717) is 5.69 Å². The molecule has 2 heterocycles. The highest BCUT2D eigenvalue weighted by molar-refractivity contribution is 5.92. The molecule has 1 aliphatic heterocycles. The summed E-state index contributed by atoms with van der Waals surface area (Å²) >= 11 is 0. The maximum atomic E-state index is 11.4. The Labute approximate surface area is 75.6 Å². The molecule has 2 rings (SSSR count). The van der Waals surface area contributed by atoms with Crippen LogP contribution in [0.4, 0.5) is 0 Å². The first-order valence-electron chi connectivity index (χ1n) is 4.14. The van der Waals surface area contributed by atoms with Crippen molar-refractivity contribution in [2.75, 3.05) is 13.1 Å². The molecule has 1 aromatic heterocycles. The molecule has 0 radical (unpaired) electrons. The van der Waals surface area contributed by atoms with Crippen LogP contribution in [0.15, 0.2) is 18.6 Å². The fourth-order valence-corrected chi connectivity index (χ4v) is 1.07. The van der Waals surface area contributed by atoms with Gasteiger partial charge < -0.3 is 10.6 Å². The van der Waals surface area contributed by atoms with Crippen molar-refractivity contribution in [2.24, 2.45) is 0 Å². The van der Waals surface area contributed by atoms with Crippen molar-refractivity contribution in [1.29, 1.82) is 0 Å². The predicted octanol–water partition coefficient (Wildman–Crippen LogP) is -0.822. The van der Waals surface area contributed by atoms with Gasteiger partial charge in [0.1, 0.15) is 5.69 Å². The van der Waals surface area contributed by atoms with Crippen LogP contribution in [-0.2, 0) is 0 Å². The van der Waals surface area contributed by atoms with E-state index in [9.17, 15) is 4.79 Å². The average Bonchev–Trinajstić information content (AvgIpc) is 2.12. The van der Waals surface area contributed by atoms with Gasteiger partial charge in [0.05, 0.1) is 12.2 Å². The minimum atomic E-state index is -0.153. The summed E-state index contributed by atoms with van der Waals surface area (Å²) in [6.45, 7) is 1.68. The highest BCUT2D eigenvalue weighted by atomic mass is 16.2. The summed E-state index contributed by atoms with van der Waals surface area (Å²) in [4.78, 5) is 19.1. The summed E-state index contributed by atoms with van der Waals surface area (Å²) in [5, 5.41) is 5.90. The Kier molecular flexibility index (Phi) is 2.18. The molecule has 5 heteroatoms. The second-order valence-electron chi connectivity index (χ2n) is 2.92. The minimum Gasteiger partial charge on any atom is -0.345 e. The molecule has 68 valence electrons. The van der Waals surface area contributed by atoms with Crippen LogP contribution in [0.25, 0.3) is 0 Å². The molecule has 2 N–H and O–H groups in total. The third-order valence-corrected chi connectivity index (χ3v) is 1.91. The Morgan fingerprint density at radius 1 is 1.54 bits per heavy atom. The van der Waals surface area contributed by atoms with Gasteiger partial charge in [-0.3, -0.25) is 9.78 Å². The van der Waals surface area contributed by atoms with Crippen molar-refractivity contribution in [3.05, 3.63) is 24.3 Å². The van der Waals surface area contributed by atoms with Gasteiger partial charge in [0.2, 0.25) is 0 Å². The summed E-state index contributed by atoms with van der Waals surface area (Å²) in [6, 6.07) is 0.245. The Hall–Kier alpha value is -1.49. The fraction of sp³-hybridized carbons (Fsp3) is 0.375. The number of carbonyl (C=O) groups is 1.